The van der Waals surface area contributed by atoms with E-state index in [1.54, 1.807) is 38.5 Å². The maximum atomic E-state index is 13.3. The number of methoxy groups -OCH3 is 2. The van der Waals surface area contributed by atoms with Gasteiger partial charge in [-0.1, -0.05) is 36.4 Å². The molecule has 4 heterocycles. The van der Waals surface area contributed by atoms with E-state index in [0.717, 1.165) is 48.3 Å². The standard InChI is InChI=1S/C26H33NO7S.C26H33NO4S/c1-18(2)33-23-10-9-19(15-24(23)31-3)25(28)27-13-11-26(12-14-27)16-20(17-32-35(4,29)30)21-7-5-6-8-22(21)34-26;1-18(2)30-23-10-9-19(15-24(23)29-3)25(28)27-13-11-26(12-14-27)16-20(17-32-4)21-7-5-6-8-22(21)31-26/h5-10,15,18,20H,11-14,16-17H2,1-4H3;5-10,15,18,20H,11-14,16-17H2,1-4H3. The number of piperidine rings is 2. The summed E-state index contributed by atoms with van der Waals surface area (Å²) in [6, 6.07) is 26.8. The summed E-state index contributed by atoms with van der Waals surface area (Å²) in [7, 11) is -0.387. The van der Waals surface area contributed by atoms with Gasteiger partial charge in [0.15, 0.2) is 23.0 Å². The fourth-order valence-corrected chi connectivity index (χ4v) is 10.8. The van der Waals surface area contributed by atoms with Crippen molar-refractivity contribution in [3.05, 3.63) is 107 Å². The van der Waals surface area contributed by atoms with E-state index in [-0.39, 0.29) is 42.1 Å². The number of rotatable bonds is 13. The minimum absolute atomic E-state index is 0.00369. The fraction of sp³-hybridized carbons (Fsp3) is 0.500. The average Bonchev–Trinajstić information content (AvgIpc) is 3.31. The van der Waals surface area contributed by atoms with Gasteiger partial charge in [-0.2, -0.15) is 20.2 Å². The first-order valence-electron chi connectivity index (χ1n) is 23.2. The SMILES string of the molecule is COc1cc(C(=O)N2CCC3(CC2)CC(COS(C)(=O)=O)c2ccccc2O3)ccc1OC(C)C.COc1cc(C(=O)N2CCC3(CC2)CC(CSC)c2ccccc2O3)ccc1OC(C)C. The van der Waals surface area contributed by atoms with Crippen LogP contribution in [-0.2, 0) is 14.3 Å². The lowest BCUT2D eigenvalue weighted by molar-refractivity contribution is -0.0217. The minimum Gasteiger partial charge on any atom is -0.493 e. The van der Waals surface area contributed by atoms with Gasteiger partial charge in [0.05, 0.1) is 39.3 Å². The average molecular weight is 959 g/mol. The highest BCUT2D eigenvalue weighted by Gasteiger charge is 2.45. The van der Waals surface area contributed by atoms with Crippen LogP contribution in [0.5, 0.6) is 34.5 Å². The van der Waals surface area contributed by atoms with E-state index < -0.39 is 15.7 Å². The van der Waals surface area contributed by atoms with E-state index >= 15 is 0 Å². The molecule has 2 saturated heterocycles. The minimum atomic E-state index is -3.55. The zero-order chi connectivity index (χ0) is 47.9. The van der Waals surface area contributed by atoms with Crippen molar-refractivity contribution in [2.45, 2.75) is 101 Å². The Morgan fingerprint density at radius 3 is 1.48 bits per heavy atom. The van der Waals surface area contributed by atoms with Crippen molar-refractivity contribution in [2.24, 2.45) is 0 Å². The molecule has 2 amide bonds. The Bertz CT molecular complexity index is 2460. The first-order valence-corrected chi connectivity index (χ1v) is 26.4. The monoisotopic (exact) mass is 958 g/mol. The Hall–Kier alpha value is -5.12. The lowest BCUT2D eigenvalue weighted by Gasteiger charge is -2.47. The number of hydrogen-bond donors (Lipinski definition) is 0. The third kappa shape index (κ3) is 12.1. The highest BCUT2D eigenvalue weighted by molar-refractivity contribution is 7.98. The smallest absolute Gasteiger partial charge is 0.264 e. The molecule has 0 aromatic heterocycles. The molecule has 2 fully saturated rings. The van der Waals surface area contributed by atoms with Gasteiger partial charge < -0.3 is 38.2 Å². The second-order valence-electron chi connectivity index (χ2n) is 18.5. The highest BCUT2D eigenvalue weighted by atomic mass is 32.2. The third-order valence-electron chi connectivity index (χ3n) is 12.9. The van der Waals surface area contributed by atoms with Gasteiger partial charge in [-0.25, -0.2) is 0 Å². The van der Waals surface area contributed by atoms with Gasteiger partial charge in [-0.05, 0) is 106 Å². The molecule has 15 heteroatoms. The lowest BCUT2D eigenvalue weighted by atomic mass is 9.77. The van der Waals surface area contributed by atoms with Gasteiger partial charge in [-0.3, -0.25) is 13.8 Å². The van der Waals surface area contributed by atoms with Gasteiger partial charge >= 0.3 is 0 Å². The van der Waals surface area contributed by atoms with Crippen LogP contribution < -0.4 is 28.4 Å². The summed E-state index contributed by atoms with van der Waals surface area (Å²) in [5, 5.41) is 0. The van der Waals surface area contributed by atoms with Crippen LogP contribution in [0.2, 0.25) is 0 Å². The number of amides is 2. The van der Waals surface area contributed by atoms with E-state index in [1.165, 1.54) is 5.56 Å². The molecule has 67 heavy (non-hydrogen) atoms. The summed E-state index contributed by atoms with van der Waals surface area (Å²) in [4.78, 5) is 30.2. The zero-order valence-electron chi connectivity index (χ0n) is 40.1. The van der Waals surface area contributed by atoms with Crippen LogP contribution in [0, 0.1) is 0 Å². The van der Waals surface area contributed by atoms with Crippen LogP contribution in [0.3, 0.4) is 0 Å². The second kappa shape index (κ2) is 21.5. The third-order valence-corrected chi connectivity index (χ3v) is 14.2. The molecule has 13 nitrogen and oxygen atoms in total. The van der Waals surface area contributed by atoms with Crippen LogP contribution in [0.25, 0.3) is 0 Å². The number of ether oxygens (including phenoxy) is 6. The first kappa shape index (κ1) is 49.8. The van der Waals surface area contributed by atoms with Gasteiger partial charge in [0.2, 0.25) is 0 Å². The van der Waals surface area contributed by atoms with E-state index in [4.69, 9.17) is 32.6 Å². The molecule has 2 unspecified atom stereocenters. The number of thioether (sulfide) groups is 1. The van der Waals surface area contributed by atoms with E-state index in [2.05, 4.69) is 24.5 Å². The summed E-state index contributed by atoms with van der Waals surface area (Å²) in [6.07, 6.45) is 7.91. The molecule has 362 valence electrons. The van der Waals surface area contributed by atoms with Crippen LogP contribution >= 0.6 is 11.8 Å². The number of para-hydroxylation sites is 2. The molecule has 2 atom stereocenters. The van der Waals surface area contributed by atoms with E-state index in [1.807, 2.05) is 91.7 Å². The number of nitrogens with zero attached hydrogens (tertiary/aromatic N) is 2. The summed E-state index contributed by atoms with van der Waals surface area (Å²) in [5.41, 5.74) is 2.80. The van der Waals surface area contributed by atoms with Gasteiger partial charge in [-0.15, -0.1) is 0 Å². The molecule has 4 aliphatic heterocycles. The maximum absolute atomic E-state index is 13.3. The largest absolute Gasteiger partial charge is 0.493 e. The number of carbonyl (C=O) groups is 2. The number of benzene rings is 4. The predicted molar refractivity (Wildman–Crippen MR) is 261 cm³/mol. The Balaban J connectivity index is 0.000000200. The normalized spacial score (nSPS) is 19.3. The van der Waals surface area contributed by atoms with Crippen molar-refractivity contribution < 1.29 is 50.6 Å². The molecule has 0 N–H and O–H groups in total. The molecule has 0 bridgehead atoms. The molecule has 0 aliphatic carbocycles. The Morgan fingerprint density at radius 2 is 1.07 bits per heavy atom. The van der Waals surface area contributed by atoms with Crippen LogP contribution in [0.15, 0.2) is 84.9 Å². The molecule has 0 radical (unpaired) electrons. The Kier molecular flexibility index (Phi) is 15.9. The molecule has 4 aromatic carbocycles. The van der Waals surface area contributed by atoms with Gasteiger partial charge in [0.1, 0.15) is 22.7 Å². The highest BCUT2D eigenvalue weighted by Crippen LogP contribution is 2.48. The summed E-state index contributed by atoms with van der Waals surface area (Å²) in [5.74, 6) is 5.60. The zero-order valence-corrected chi connectivity index (χ0v) is 41.7. The van der Waals surface area contributed by atoms with Crippen molar-refractivity contribution >= 4 is 33.7 Å². The molecule has 8 rings (SSSR count). The van der Waals surface area contributed by atoms with Gasteiger partial charge in [0, 0.05) is 80.6 Å². The summed E-state index contributed by atoms with van der Waals surface area (Å²) < 4.78 is 63.9. The molecule has 4 aliphatic rings. The lowest BCUT2D eigenvalue weighted by Crippen LogP contribution is -2.52. The van der Waals surface area contributed by atoms with Crippen LogP contribution in [-0.4, -0.2) is 119 Å². The first-order chi connectivity index (χ1) is 32.0. The summed E-state index contributed by atoms with van der Waals surface area (Å²) >= 11 is 1.89. The van der Waals surface area contributed by atoms with E-state index in [9.17, 15) is 18.0 Å². The summed E-state index contributed by atoms with van der Waals surface area (Å²) in [6.45, 7) is 10.3. The van der Waals surface area contributed by atoms with Gasteiger partial charge in [0.25, 0.3) is 21.9 Å². The van der Waals surface area contributed by atoms with Crippen molar-refractivity contribution in [1.29, 1.82) is 0 Å². The van der Waals surface area contributed by atoms with Crippen LogP contribution in [0.4, 0.5) is 0 Å². The van der Waals surface area contributed by atoms with E-state index in [0.29, 0.717) is 85.5 Å². The predicted octanol–water partition coefficient (Wildman–Crippen LogP) is 9.39. The second-order valence-corrected chi connectivity index (χ2v) is 21.1. The molecular formula is C52H66N2O11S2. The molecule has 4 aromatic rings. The maximum Gasteiger partial charge on any atom is 0.264 e. The molecular weight excluding hydrogens is 893 g/mol. The van der Waals surface area contributed by atoms with Crippen molar-refractivity contribution in [2.75, 3.05) is 65.3 Å². The Labute approximate surface area is 400 Å². The van der Waals surface area contributed by atoms with Crippen molar-refractivity contribution in [1.82, 2.24) is 9.80 Å². The fourth-order valence-electron chi connectivity index (χ4n) is 9.71. The van der Waals surface area contributed by atoms with Crippen LogP contribution in [0.1, 0.15) is 110 Å². The number of fused-ring (bicyclic) bond motifs is 2. The number of carbonyl (C=O) groups excluding carboxylic acids is 2. The number of hydrogen-bond acceptors (Lipinski definition) is 12. The topological polar surface area (TPSA) is 139 Å². The number of likely N-dealkylation sites (tertiary alicyclic amines) is 2. The quantitative estimate of drug-likeness (QED) is 0.118. The molecule has 0 saturated carbocycles. The van der Waals surface area contributed by atoms with Crippen molar-refractivity contribution in [3.63, 3.8) is 0 Å². The Morgan fingerprint density at radius 1 is 0.657 bits per heavy atom. The van der Waals surface area contributed by atoms with Crippen molar-refractivity contribution in [3.8, 4) is 34.5 Å². The molecule has 2 spiro atoms.